The summed E-state index contributed by atoms with van der Waals surface area (Å²) in [6, 6.07) is 23.8. The first kappa shape index (κ1) is 23.0. The van der Waals surface area contributed by atoms with E-state index in [-0.39, 0.29) is 5.91 Å². The Bertz CT molecular complexity index is 1190. The SMILES string of the molecule is CCCCCOc1ccc(C(=O)N(Cc2ccccc2)c2nc3ccc(CC)cc3s2)cc1. The smallest absolute Gasteiger partial charge is 0.260 e. The molecule has 1 heterocycles. The number of fused-ring (bicyclic) bond motifs is 1. The van der Waals surface area contributed by atoms with Crippen LogP contribution < -0.4 is 9.64 Å². The lowest BCUT2D eigenvalue weighted by molar-refractivity contribution is 0.0985. The molecule has 0 saturated heterocycles. The van der Waals surface area contributed by atoms with Crippen molar-refractivity contribution < 1.29 is 9.53 Å². The summed E-state index contributed by atoms with van der Waals surface area (Å²) in [6.45, 7) is 5.49. The maximum atomic E-state index is 13.6. The summed E-state index contributed by atoms with van der Waals surface area (Å²) in [5, 5.41) is 0.715. The normalized spacial score (nSPS) is 11.0. The fraction of sp³-hybridized carbons (Fsp3) is 0.286. The van der Waals surface area contributed by atoms with Crippen LogP contribution in [0.1, 0.15) is 54.6 Å². The van der Waals surface area contributed by atoms with Gasteiger partial charge in [0.25, 0.3) is 5.91 Å². The number of hydrogen-bond acceptors (Lipinski definition) is 4. The number of carbonyl (C=O) groups excluding carboxylic acids is 1. The molecule has 33 heavy (non-hydrogen) atoms. The number of benzene rings is 3. The highest BCUT2D eigenvalue weighted by Gasteiger charge is 2.22. The molecule has 170 valence electrons. The molecule has 0 saturated carbocycles. The lowest BCUT2D eigenvalue weighted by Crippen LogP contribution is -2.30. The largest absolute Gasteiger partial charge is 0.494 e. The van der Waals surface area contributed by atoms with Crippen molar-refractivity contribution in [1.82, 2.24) is 4.98 Å². The number of anilines is 1. The summed E-state index contributed by atoms with van der Waals surface area (Å²) in [4.78, 5) is 20.2. The third-order valence-electron chi connectivity index (χ3n) is 5.63. The van der Waals surface area contributed by atoms with Gasteiger partial charge in [-0.1, -0.05) is 74.4 Å². The highest BCUT2D eigenvalue weighted by Crippen LogP contribution is 2.32. The highest BCUT2D eigenvalue weighted by molar-refractivity contribution is 7.22. The summed E-state index contributed by atoms with van der Waals surface area (Å²) < 4.78 is 6.91. The number of carbonyl (C=O) groups is 1. The van der Waals surface area contributed by atoms with Crippen molar-refractivity contribution in [2.24, 2.45) is 0 Å². The van der Waals surface area contributed by atoms with E-state index in [2.05, 4.69) is 26.0 Å². The second kappa shape index (κ2) is 11.1. The van der Waals surface area contributed by atoms with Crippen LogP contribution in [0.25, 0.3) is 10.2 Å². The molecule has 5 heteroatoms. The van der Waals surface area contributed by atoms with Gasteiger partial charge in [0.2, 0.25) is 0 Å². The number of unbranched alkanes of at least 4 members (excludes halogenated alkanes) is 2. The van der Waals surface area contributed by atoms with Gasteiger partial charge in [-0.3, -0.25) is 9.69 Å². The first-order valence-electron chi connectivity index (χ1n) is 11.7. The van der Waals surface area contributed by atoms with E-state index in [1.165, 1.54) is 12.0 Å². The summed E-state index contributed by atoms with van der Waals surface area (Å²) in [5.74, 6) is 0.732. The van der Waals surface area contributed by atoms with E-state index in [1.54, 1.807) is 16.2 Å². The van der Waals surface area contributed by atoms with E-state index in [4.69, 9.17) is 9.72 Å². The molecule has 0 unspecified atom stereocenters. The van der Waals surface area contributed by atoms with Gasteiger partial charge in [-0.15, -0.1) is 0 Å². The number of aromatic nitrogens is 1. The van der Waals surface area contributed by atoms with Gasteiger partial charge in [0, 0.05) is 5.56 Å². The number of aryl methyl sites for hydroxylation is 1. The van der Waals surface area contributed by atoms with Crippen LogP contribution in [0.2, 0.25) is 0 Å². The molecule has 0 N–H and O–H groups in total. The Balaban J connectivity index is 1.60. The van der Waals surface area contributed by atoms with Crippen LogP contribution in [0.4, 0.5) is 5.13 Å². The van der Waals surface area contributed by atoms with Crippen molar-refractivity contribution in [2.45, 2.75) is 46.1 Å². The van der Waals surface area contributed by atoms with Crippen LogP contribution in [0, 0.1) is 0 Å². The third kappa shape index (κ3) is 5.79. The molecule has 4 nitrogen and oxygen atoms in total. The average molecular weight is 459 g/mol. The summed E-state index contributed by atoms with van der Waals surface area (Å²) in [6.07, 6.45) is 4.34. The highest BCUT2D eigenvalue weighted by atomic mass is 32.1. The number of ether oxygens (including phenoxy) is 1. The quantitative estimate of drug-likeness (QED) is 0.235. The fourth-order valence-corrected chi connectivity index (χ4v) is 4.70. The Labute approximate surface area is 199 Å². The van der Waals surface area contributed by atoms with Crippen molar-refractivity contribution in [3.8, 4) is 5.75 Å². The minimum atomic E-state index is -0.0637. The Kier molecular flexibility index (Phi) is 7.74. The number of hydrogen-bond donors (Lipinski definition) is 0. The molecule has 1 aromatic heterocycles. The second-order valence-corrected chi connectivity index (χ2v) is 9.12. The first-order chi connectivity index (χ1) is 16.2. The monoisotopic (exact) mass is 458 g/mol. The van der Waals surface area contributed by atoms with Crippen LogP contribution in [-0.4, -0.2) is 17.5 Å². The average Bonchev–Trinajstić information content (AvgIpc) is 3.29. The maximum absolute atomic E-state index is 13.6. The molecule has 4 rings (SSSR count). The van der Waals surface area contributed by atoms with Crippen molar-refractivity contribution in [2.75, 3.05) is 11.5 Å². The third-order valence-corrected chi connectivity index (χ3v) is 6.67. The summed E-state index contributed by atoms with van der Waals surface area (Å²) >= 11 is 1.57. The van der Waals surface area contributed by atoms with Crippen LogP contribution in [0.15, 0.2) is 72.8 Å². The van der Waals surface area contributed by atoms with Crippen LogP contribution >= 0.6 is 11.3 Å². The summed E-state index contributed by atoms with van der Waals surface area (Å²) in [5.41, 5.74) is 3.89. The standard InChI is InChI=1S/C28H30N2O2S/c1-3-5-9-18-32-24-15-13-23(14-16-24)27(31)30(20-22-10-7-6-8-11-22)28-29-25-17-12-21(4-2)19-26(25)33-28/h6-8,10-17,19H,3-5,9,18,20H2,1-2H3. The van der Waals surface area contributed by atoms with E-state index in [0.29, 0.717) is 23.8 Å². The first-order valence-corrected chi connectivity index (χ1v) is 12.5. The molecule has 3 aromatic carbocycles. The van der Waals surface area contributed by atoms with Gasteiger partial charge in [-0.25, -0.2) is 4.98 Å². The number of nitrogens with zero attached hydrogens (tertiary/aromatic N) is 2. The molecular formula is C28H30N2O2S. The maximum Gasteiger partial charge on any atom is 0.260 e. The van der Waals surface area contributed by atoms with E-state index >= 15 is 0 Å². The number of thiazole rings is 1. The summed E-state index contributed by atoms with van der Waals surface area (Å²) in [7, 11) is 0. The van der Waals surface area contributed by atoms with Gasteiger partial charge in [0.15, 0.2) is 5.13 Å². The van der Waals surface area contributed by atoms with E-state index in [0.717, 1.165) is 40.8 Å². The minimum Gasteiger partial charge on any atom is -0.494 e. The molecule has 0 aliphatic carbocycles. The minimum absolute atomic E-state index is 0.0637. The molecule has 4 aromatic rings. The number of rotatable bonds is 10. The lowest BCUT2D eigenvalue weighted by Gasteiger charge is -2.20. The fourth-order valence-electron chi connectivity index (χ4n) is 3.68. The number of amides is 1. The molecule has 0 aliphatic rings. The Morgan fingerprint density at radius 3 is 2.45 bits per heavy atom. The van der Waals surface area contributed by atoms with E-state index in [9.17, 15) is 4.79 Å². The van der Waals surface area contributed by atoms with Crippen LogP contribution in [-0.2, 0) is 13.0 Å². The predicted molar refractivity (Wildman–Crippen MR) is 137 cm³/mol. The zero-order chi connectivity index (χ0) is 23.0. The predicted octanol–water partition coefficient (Wildman–Crippen LogP) is 7.27. The van der Waals surface area contributed by atoms with Gasteiger partial charge in [-0.2, -0.15) is 0 Å². The van der Waals surface area contributed by atoms with E-state index < -0.39 is 0 Å². The van der Waals surface area contributed by atoms with Gasteiger partial charge in [-0.05, 0) is 60.4 Å². The van der Waals surface area contributed by atoms with Crippen LogP contribution in [0.3, 0.4) is 0 Å². The molecule has 0 radical (unpaired) electrons. The van der Waals surface area contributed by atoms with Gasteiger partial charge in [0.1, 0.15) is 5.75 Å². The molecule has 0 bridgehead atoms. The Morgan fingerprint density at radius 2 is 1.73 bits per heavy atom. The van der Waals surface area contributed by atoms with E-state index in [1.807, 2.05) is 60.7 Å². The van der Waals surface area contributed by atoms with Crippen molar-refractivity contribution >= 4 is 32.6 Å². The molecule has 0 spiro atoms. The lowest BCUT2D eigenvalue weighted by atomic mass is 10.1. The second-order valence-electron chi connectivity index (χ2n) is 8.11. The zero-order valence-electron chi connectivity index (χ0n) is 19.3. The van der Waals surface area contributed by atoms with Gasteiger partial charge in [0.05, 0.1) is 23.4 Å². The zero-order valence-corrected chi connectivity index (χ0v) is 20.1. The van der Waals surface area contributed by atoms with Gasteiger partial charge >= 0.3 is 0 Å². The topological polar surface area (TPSA) is 42.4 Å². The Morgan fingerprint density at radius 1 is 0.939 bits per heavy atom. The van der Waals surface area contributed by atoms with Crippen molar-refractivity contribution in [3.05, 3.63) is 89.5 Å². The van der Waals surface area contributed by atoms with Crippen LogP contribution in [0.5, 0.6) is 5.75 Å². The van der Waals surface area contributed by atoms with Crippen molar-refractivity contribution in [3.63, 3.8) is 0 Å². The molecule has 0 aliphatic heterocycles. The molecule has 0 atom stereocenters. The Hall–Kier alpha value is -3.18. The molecule has 1 amide bonds. The molecule has 0 fully saturated rings. The van der Waals surface area contributed by atoms with Gasteiger partial charge < -0.3 is 4.74 Å². The van der Waals surface area contributed by atoms with Crippen molar-refractivity contribution in [1.29, 1.82) is 0 Å². The molecular weight excluding hydrogens is 428 g/mol.